The SMILES string of the molecule is CC(C)c1cc(F)cc(-c2cccc(C#N)c2)c1NC(=O)[N-]S(=O)(=O)c1ccn(C(C)C)n1.[Na+]. The van der Waals surface area contributed by atoms with E-state index in [1.807, 2.05) is 33.8 Å². The van der Waals surface area contributed by atoms with Crippen molar-refractivity contribution in [3.63, 3.8) is 0 Å². The Bertz CT molecular complexity index is 1350. The molecule has 34 heavy (non-hydrogen) atoms. The van der Waals surface area contributed by atoms with E-state index in [9.17, 15) is 22.9 Å². The number of benzene rings is 2. The van der Waals surface area contributed by atoms with E-state index in [0.29, 0.717) is 22.3 Å². The average Bonchev–Trinajstić information content (AvgIpc) is 3.26. The Morgan fingerprint density at radius 1 is 1.18 bits per heavy atom. The van der Waals surface area contributed by atoms with Crippen molar-refractivity contribution in [1.29, 1.82) is 5.26 Å². The maximum absolute atomic E-state index is 14.4. The molecule has 172 valence electrons. The van der Waals surface area contributed by atoms with Gasteiger partial charge in [-0.25, -0.2) is 12.8 Å². The number of anilines is 1. The number of hydrogen-bond acceptors (Lipinski definition) is 5. The van der Waals surface area contributed by atoms with Crippen molar-refractivity contribution in [2.75, 3.05) is 5.32 Å². The van der Waals surface area contributed by atoms with Crippen molar-refractivity contribution in [2.45, 2.75) is 44.7 Å². The van der Waals surface area contributed by atoms with Crippen LogP contribution in [0.3, 0.4) is 0 Å². The molecule has 2 aromatic carbocycles. The van der Waals surface area contributed by atoms with Crippen LogP contribution in [0.2, 0.25) is 0 Å². The van der Waals surface area contributed by atoms with Crippen molar-refractivity contribution in [2.24, 2.45) is 0 Å². The third-order valence-corrected chi connectivity index (χ3v) is 6.02. The van der Waals surface area contributed by atoms with Gasteiger partial charge >= 0.3 is 29.6 Å². The van der Waals surface area contributed by atoms with Crippen LogP contribution in [0.25, 0.3) is 15.8 Å². The maximum Gasteiger partial charge on any atom is 1.00 e. The molecule has 0 saturated heterocycles. The minimum atomic E-state index is -4.36. The van der Waals surface area contributed by atoms with Gasteiger partial charge in [-0.15, -0.1) is 0 Å². The summed E-state index contributed by atoms with van der Waals surface area (Å²) in [4.78, 5) is 12.7. The van der Waals surface area contributed by atoms with E-state index >= 15 is 0 Å². The molecule has 3 rings (SSSR count). The van der Waals surface area contributed by atoms with Gasteiger partial charge in [0.05, 0.1) is 11.6 Å². The van der Waals surface area contributed by atoms with Crippen LogP contribution in [0, 0.1) is 17.1 Å². The topological polar surface area (TPSA) is 119 Å². The van der Waals surface area contributed by atoms with Gasteiger partial charge in [-0.2, -0.15) is 10.4 Å². The first-order valence-electron chi connectivity index (χ1n) is 10.2. The molecule has 0 fully saturated rings. The van der Waals surface area contributed by atoms with Crippen LogP contribution in [-0.4, -0.2) is 24.2 Å². The summed E-state index contributed by atoms with van der Waals surface area (Å²) in [6.45, 7) is 7.29. The molecule has 1 N–H and O–H groups in total. The molecule has 3 aromatic rings. The fraction of sp³-hybridized carbons (Fsp3) is 0.261. The van der Waals surface area contributed by atoms with Crippen LogP contribution >= 0.6 is 0 Å². The van der Waals surface area contributed by atoms with Gasteiger partial charge in [0.1, 0.15) is 5.82 Å². The third kappa shape index (κ3) is 6.24. The number of amides is 2. The molecule has 0 aliphatic rings. The number of carbonyl (C=O) groups is 1. The van der Waals surface area contributed by atoms with Crippen molar-refractivity contribution >= 4 is 21.7 Å². The summed E-state index contributed by atoms with van der Waals surface area (Å²) < 4.78 is 44.4. The van der Waals surface area contributed by atoms with Crippen LogP contribution in [0.1, 0.15) is 50.8 Å². The van der Waals surface area contributed by atoms with Crippen molar-refractivity contribution < 1.29 is 47.2 Å². The second-order valence-electron chi connectivity index (χ2n) is 7.99. The average molecular weight is 492 g/mol. The molecule has 2 amide bonds. The number of sulfonamides is 1. The molecular formula is C23H23FN5NaO3S. The molecular weight excluding hydrogens is 468 g/mol. The summed E-state index contributed by atoms with van der Waals surface area (Å²) in [7, 11) is -4.36. The molecule has 0 spiro atoms. The first-order valence-corrected chi connectivity index (χ1v) is 11.6. The van der Waals surface area contributed by atoms with E-state index in [1.165, 1.54) is 29.1 Å². The standard InChI is InChI=1S/C23H24FN5O3S.Na/c1-14(2)19-11-18(24)12-20(17-7-5-6-16(10-17)13-25)22(19)26-23(30)28-33(31,32)21-8-9-29(27-21)15(3)4;/h5-12,14-15H,1-4H3,(H2,26,28,30);/q;+1/p-1. The normalized spacial score (nSPS) is 11.1. The summed E-state index contributed by atoms with van der Waals surface area (Å²) in [6, 6.07) is 11.0. The number of urea groups is 1. The maximum atomic E-state index is 14.4. The zero-order valence-corrected chi connectivity index (χ0v) is 22.4. The number of aromatic nitrogens is 2. The van der Waals surface area contributed by atoms with Crippen molar-refractivity contribution in [1.82, 2.24) is 9.78 Å². The monoisotopic (exact) mass is 491 g/mol. The Labute approximate surface area is 220 Å². The van der Waals surface area contributed by atoms with E-state index in [4.69, 9.17) is 0 Å². The van der Waals surface area contributed by atoms with E-state index in [0.717, 1.165) is 0 Å². The van der Waals surface area contributed by atoms with Gasteiger partial charge in [-0.1, -0.05) is 26.0 Å². The van der Waals surface area contributed by atoms with Gasteiger partial charge in [-0.05, 0) is 72.5 Å². The molecule has 0 atom stereocenters. The molecule has 8 nitrogen and oxygen atoms in total. The van der Waals surface area contributed by atoms with Gasteiger partial charge in [-0.3, -0.25) is 9.48 Å². The van der Waals surface area contributed by atoms with Crippen LogP contribution in [0.15, 0.2) is 53.7 Å². The number of rotatable bonds is 6. The summed E-state index contributed by atoms with van der Waals surface area (Å²) in [5.74, 6) is -0.731. The van der Waals surface area contributed by atoms with Gasteiger partial charge in [0, 0.05) is 12.2 Å². The minimum absolute atomic E-state index is 0. The van der Waals surface area contributed by atoms with E-state index in [-0.39, 0.29) is 52.2 Å². The Hall–Kier alpha value is -2.71. The number of nitrogens with one attached hydrogen (secondary N) is 1. The summed E-state index contributed by atoms with van der Waals surface area (Å²) >= 11 is 0. The third-order valence-electron chi connectivity index (χ3n) is 4.87. The van der Waals surface area contributed by atoms with Gasteiger partial charge < -0.3 is 10.0 Å². The minimum Gasteiger partial charge on any atom is -0.423 e. The molecule has 1 heterocycles. The smallest absolute Gasteiger partial charge is 0.423 e. The van der Waals surface area contributed by atoms with Gasteiger partial charge in [0.25, 0.3) is 0 Å². The van der Waals surface area contributed by atoms with E-state index in [2.05, 4.69) is 15.1 Å². The molecule has 0 aliphatic carbocycles. The Morgan fingerprint density at radius 2 is 1.88 bits per heavy atom. The number of nitrogens with zero attached hydrogens (tertiary/aromatic N) is 4. The predicted molar refractivity (Wildman–Crippen MR) is 123 cm³/mol. The molecule has 0 aliphatic heterocycles. The van der Waals surface area contributed by atoms with Gasteiger partial charge in [0.15, 0.2) is 11.1 Å². The van der Waals surface area contributed by atoms with E-state index < -0.39 is 21.9 Å². The summed E-state index contributed by atoms with van der Waals surface area (Å²) in [6.07, 6.45) is 1.49. The van der Waals surface area contributed by atoms with Crippen molar-refractivity contribution in [3.05, 3.63) is 70.3 Å². The van der Waals surface area contributed by atoms with Crippen LogP contribution in [-0.2, 0) is 10.0 Å². The Kier molecular flexibility index (Phi) is 9.02. The first-order chi connectivity index (χ1) is 15.5. The fourth-order valence-corrected chi connectivity index (χ4v) is 4.03. The fourth-order valence-electron chi connectivity index (χ4n) is 3.24. The number of halogens is 1. The van der Waals surface area contributed by atoms with Gasteiger partial charge in [0.2, 0.25) is 10.0 Å². The van der Waals surface area contributed by atoms with Crippen LogP contribution in [0.4, 0.5) is 14.9 Å². The second-order valence-corrected chi connectivity index (χ2v) is 9.54. The molecule has 0 saturated carbocycles. The molecule has 0 unspecified atom stereocenters. The number of nitriles is 1. The zero-order chi connectivity index (χ0) is 24.3. The predicted octanol–water partition coefficient (Wildman–Crippen LogP) is 2.56. The molecule has 0 radical (unpaired) electrons. The summed E-state index contributed by atoms with van der Waals surface area (Å²) in [5.41, 5.74) is 1.83. The first kappa shape index (κ1) is 27.5. The quantitative estimate of drug-likeness (QED) is 0.532. The number of hydrogen-bond donors (Lipinski definition) is 1. The van der Waals surface area contributed by atoms with Crippen molar-refractivity contribution in [3.8, 4) is 17.2 Å². The molecule has 11 heteroatoms. The van der Waals surface area contributed by atoms with Crippen LogP contribution < -0.4 is 34.9 Å². The second kappa shape index (κ2) is 11.1. The van der Waals surface area contributed by atoms with Crippen LogP contribution in [0.5, 0.6) is 0 Å². The Morgan fingerprint density at radius 3 is 2.47 bits per heavy atom. The molecule has 0 bridgehead atoms. The molecule has 1 aromatic heterocycles. The summed E-state index contributed by atoms with van der Waals surface area (Å²) in [5, 5.41) is 15.3. The largest absolute Gasteiger partial charge is 1.00 e. The number of carbonyl (C=O) groups excluding carboxylic acids is 1. The zero-order valence-electron chi connectivity index (χ0n) is 19.6. The Balaban J connectivity index is 0.00000408. The van der Waals surface area contributed by atoms with E-state index in [1.54, 1.807) is 24.3 Å².